The highest BCUT2D eigenvalue weighted by atomic mass is 32.1. The molecule has 2 aromatic carbocycles. The Labute approximate surface area is 214 Å². The minimum Gasteiger partial charge on any atom is -0.294 e. The van der Waals surface area contributed by atoms with Gasteiger partial charge in [0.15, 0.2) is 5.78 Å². The SMILES string of the molecule is CCc1cccc(CC)c1-n1c2c(cc(-c3nc(-c4cccc(F)c4)cs3)c1=O)C(=O)CC(C)(C)C2. The molecule has 0 saturated carbocycles. The van der Waals surface area contributed by atoms with Crippen molar-refractivity contribution in [2.75, 3.05) is 0 Å². The number of hydrogen-bond donors (Lipinski definition) is 0. The molecule has 2 aromatic heterocycles. The third-order valence-electron chi connectivity index (χ3n) is 6.93. The average molecular weight is 501 g/mol. The zero-order valence-electron chi connectivity index (χ0n) is 21.0. The molecule has 4 aromatic rings. The maximum absolute atomic E-state index is 14.3. The molecule has 0 atom stereocenters. The van der Waals surface area contributed by atoms with Gasteiger partial charge >= 0.3 is 0 Å². The van der Waals surface area contributed by atoms with E-state index < -0.39 is 0 Å². The fourth-order valence-electron chi connectivity index (χ4n) is 5.18. The second-order valence-corrected chi connectivity index (χ2v) is 11.0. The number of thiazole rings is 1. The van der Waals surface area contributed by atoms with E-state index >= 15 is 0 Å². The summed E-state index contributed by atoms with van der Waals surface area (Å²) in [7, 11) is 0. The van der Waals surface area contributed by atoms with Gasteiger partial charge in [-0.1, -0.05) is 58.0 Å². The van der Waals surface area contributed by atoms with Gasteiger partial charge in [0, 0.05) is 28.6 Å². The Morgan fingerprint density at radius 1 is 0.972 bits per heavy atom. The molecule has 0 N–H and O–H groups in total. The minimum atomic E-state index is -0.338. The second-order valence-electron chi connectivity index (χ2n) is 10.2. The molecule has 0 saturated heterocycles. The average Bonchev–Trinajstić information content (AvgIpc) is 3.33. The minimum absolute atomic E-state index is 0.0465. The number of halogens is 1. The number of pyridine rings is 1. The predicted octanol–water partition coefficient (Wildman–Crippen LogP) is 7.05. The van der Waals surface area contributed by atoms with Crippen LogP contribution in [0.5, 0.6) is 0 Å². The summed E-state index contributed by atoms with van der Waals surface area (Å²) in [6, 6.07) is 14.1. The zero-order chi connectivity index (χ0) is 25.6. The van der Waals surface area contributed by atoms with E-state index in [0.29, 0.717) is 40.2 Å². The van der Waals surface area contributed by atoms with E-state index in [9.17, 15) is 14.0 Å². The molecule has 184 valence electrons. The van der Waals surface area contributed by atoms with Crippen molar-refractivity contribution in [2.45, 2.75) is 53.4 Å². The van der Waals surface area contributed by atoms with Crippen LogP contribution in [0.25, 0.3) is 27.5 Å². The van der Waals surface area contributed by atoms with Crippen LogP contribution in [0, 0.1) is 11.2 Å². The highest BCUT2D eigenvalue weighted by Crippen LogP contribution is 2.38. The quantitative estimate of drug-likeness (QED) is 0.295. The number of aromatic nitrogens is 2. The molecule has 4 nitrogen and oxygen atoms in total. The number of carbonyl (C=O) groups excluding carboxylic acids is 1. The van der Waals surface area contributed by atoms with Crippen molar-refractivity contribution in [1.29, 1.82) is 0 Å². The fourth-order valence-corrected chi connectivity index (χ4v) is 6.02. The van der Waals surface area contributed by atoms with Gasteiger partial charge in [-0.2, -0.15) is 0 Å². The van der Waals surface area contributed by atoms with Crippen LogP contribution in [-0.4, -0.2) is 15.3 Å². The lowest BCUT2D eigenvalue weighted by Crippen LogP contribution is -2.35. The van der Waals surface area contributed by atoms with Crippen molar-refractivity contribution in [3.8, 4) is 27.5 Å². The third-order valence-corrected chi connectivity index (χ3v) is 7.81. The van der Waals surface area contributed by atoms with Crippen molar-refractivity contribution in [3.05, 3.63) is 92.5 Å². The number of aryl methyl sites for hydroxylation is 2. The molecule has 1 aliphatic rings. The van der Waals surface area contributed by atoms with E-state index in [1.165, 1.54) is 23.5 Å². The van der Waals surface area contributed by atoms with Crippen LogP contribution >= 0.6 is 11.3 Å². The van der Waals surface area contributed by atoms with E-state index in [0.717, 1.165) is 35.3 Å². The highest BCUT2D eigenvalue weighted by Gasteiger charge is 2.35. The van der Waals surface area contributed by atoms with Crippen LogP contribution in [0.4, 0.5) is 4.39 Å². The number of fused-ring (bicyclic) bond motifs is 1. The molecular formula is C30H29FN2O2S. The van der Waals surface area contributed by atoms with Crippen LogP contribution < -0.4 is 5.56 Å². The number of nitrogens with zero attached hydrogens (tertiary/aromatic N) is 2. The van der Waals surface area contributed by atoms with Gasteiger partial charge in [-0.3, -0.25) is 14.2 Å². The molecule has 0 fully saturated rings. The summed E-state index contributed by atoms with van der Waals surface area (Å²) in [5.74, 6) is -0.292. The largest absolute Gasteiger partial charge is 0.294 e. The highest BCUT2D eigenvalue weighted by molar-refractivity contribution is 7.13. The van der Waals surface area contributed by atoms with Gasteiger partial charge in [0.1, 0.15) is 10.8 Å². The first-order valence-electron chi connectivity index (χ1n) is 12.4. The van der Waals surface area contributed by atoms with E-state index in [1.54, 1.807) is 22.8 Å². The smallest absolute Gasteiger partial charge is 0.265 e. The maximum atomic E-state index is 14.3. The monoisotopic (exact) mass is 500 g/mol. The number of carbonyl (C=O) groups is 1. The number of hydrogen-bond acceptors (Lipinski definition) is 4. The van der Waals surface area contributed by atoms with Gasteiger partial charge in [-0.05, 0) is 54.0 Å². The lowest BCUT2D eigenvalue weighted by Gasteiger charge is -2.33. The van der Waals surface area contributed by atoms with Gasteiger partial charge in [-0.25, -0.2) is 9.37 Å². The van der Waals surface area contributed by atoms with Crippen LogP contribution in [-0.2, 0) is 19.3 Å². The van der Waals surface area contributed by atoms with Crippen molar-refractivity contribution in [3.63, 3.8) is 0 Å². The third kappa shape index (κ3) is 4.24. The van der Waals surface area contributed by atoms with Crippen molar-refractivity contribution in [1.82, 2.24) is 9.55 Å². The normalized spacial score (nSPS) is 14.6. The van der Waals surface area contributed by atoms with Gasteiger partial charge < -0.3 is 0 Å². The van der Waals surface area contributed by atoms with Gasteiger partial charge in [0.25, 0.3) is 5.56 Å². The lowest BCUT2D eigenvalue weighted by atomic mass is 9.75. The first kappa shape index (κ1) is 24.3. The zero-order valence-corrected chi connectivity index (χ0v) is 21.8. The summed E-state index contributed by atoms with van der Waals surface area (Å²) >= 11 is 1.33. The first-order valence-corrected chi connectivity index (χ1v) is 13.3. The van der Waals surface area contributed by atoms with Gasteiger partial charge in [0.2, 0.25) is 0 Å². The van der Waals surface area contributed by atoms with E-state index in [4.69, 9.17) is 4.98 Å². The summed E-state index contributed by atoms with van der Waals surface area (Å²) < 4.78 is 15.6. The summed E-state index contributed by atoms with van der Waals surface area (Å²) in [5.41, 5.74) is 5.67. The number of para-hydroxylation sites is 1. The predicted molar refractivity (Wildman–Crippen MR) is 144 cm³/mol. The Kier molecular flexibility index (Phi) is 6.25. The van der Waals surface area contributed by atoms with Crippen LogP contribution in [0.2, 0.25) is 0 Å². The lowest BCUT2D eigenvalue weighted by molar-refractivity contribution is 0.0909. The van der Waals surface area contributed by atoms with Crippen LogP contribution in [0.1, 0.15) is 61.3 Å². The molecule has 36 heavy (non-hydrogen) atoms. The van der Waals surface area contributed by atoms with Gasteiger partial charge in [0.05, 0.1) is 16.9 Å². The number of benzene rings is 2. The number of ketones is 1. The number of rotatable bonds is 5. The van der Waals surface area contributed by atoms with Crippen molar-refractivity contribution in [2.24, 2.45) is 5.41 Å². The Balaban J connectivity index is 1.80. The summed E-state index contributed by atoms with van der Waals surface area (Å²) in [4.78, 5) is 32.3. The number of Topliss-reactive ketones (excluding diaryl/α,β-unsaturated/α-hetero) is 1. The standard InChI is InChI=1S/C30H29FN2O2S/c1-5-18-9-7-10-19(6-2)27(18)33-25-15-30(3,4)16-26(34)22(25)14-23(29(33)35)28-32-24(17-36-28)20-11-8-12-21(31)13-20/h7-14,17H,5-6,15-16H2,1-4H3. The summed E-state index contributed by atoms with van der Waals surface area (Å²) in [6.45, 7) is 8.33. The molecule has 0 aliphatic heterocycles. The molecule has 0 bridgehead atoms. The van der Waals surface area contributed by atoms with Gasteiger partial charge in [-0.15, -0.1) is 11.3 Å². The van der Waals surface area contributed by atoms with Crippen LogP contribution in [0.15, 0.2) is 58.7 Å². The Morgan fingerprint density at radius 3 is 2.33 bits per heavy atom. The topological polar surface area (TPSA) is 52.0 Å². The Hall–Kier alpha value is -3.38. The fraction of sp³-hybridized carbons (Fsp3) is 0.300. The van der Waals surface area contributed by atoms with E-state index in [-0.39, 0.29) is 22.6 Å². The molecule has 0 amide bonds. The van der Waals surface area contributed by atoms with Crippen LogP contribution in [0.3, 0.4) is 0 Å². The Bertz CT molecular complexity index is 1520. The Morgan fingerprint density at radius 2 is 1.67 bits per heavy atom. The molecule has 6 heteroatoms. The molecule has 0 unspecified atom stereocenters. The molecule has 5 rings (SSSR count). The van der Waals surface area contributed by atoms with E-state index in [2.05, 4.69) is 39.8 Å². The van der Waals surface area contributed by atoms with Crippen molar-refractivity contribution >= 4 is 17.1 Å². The maximum Gasteiger partial charge on any atom is 0.265 e. The van der Waals surface area contributed by atoms with E-state index in [1.807, 2.05) is 11.4 Å². The molecule has 0 spiro atoms. The molecule has 2 heterocycles. The summed E-state index contributed by atoms with van der Waals surface area (Å²) in [6.07, 6.45) is 2.61. The second kappa shape index (κ2) is 9.25. The summed E-state index contributed by atoms with van der Waals surface area (Å²) in [5, 5.41) is 2.36. The molecule has 1 aliphatic carbocycles. The van der Waals surface area contributed by atoms with Crippen molar-refractivity contribution < 1.29 is 9.18 Å². The molecular weight excluding hydrogens is 471 g/mol. The molecule has 0 radical (unpaired) electrons. The first-order chi connectivity index (χ1) is 17.2.